The van der Waals surface area contributed by atoms with Crippen LogP contribution in [0.15, 0.2) is 23.1 Å². The van der Waals surface area contributed by atoms with Crippen molar-refractivity contribution < 1.29 is 13.2 Å². The summed E-state index contributed by atoms with van der Waals surface area (Å²) in [5.74, 6) is -0.984. The van der Waals surface area contributed by atoms with Gasteiger partial charge in [0, 0.05) is 13.6 Å². The third-order valence-corrected chi connectivity index (χ3v) is 4.38. The van der Waals surface area contributed by atoms with Crippen LogP contribution in [0.2, 0.25) is 0 Å². The fourth-order valence-corrected chi connectivity index (χ4v) is 2.87. The van der Waals surface area contributed by atoms with Crippen LogP contribution < -0.4 is 5.73 Å². The summed E-state index contributed by atoms with van der Waals surface area (Å²) in [5.41, 5.74) is 6.75. The van der Waals surface area contributed by atoms with Crippen molar-refractivity contribution in [3.8, 4) is 0 Å². The van der Waals surface area contributed by atoms with Crippen LogP contribution in [0.4, 0.5) is 5.69 Å². The number of aryl methyl sites for hydroxylation is 1. The number of nitrogens with two attached hydrogens (primary N) is 1. The molecule has 2 N–H and O–H groups in total. The lowest BCUT2D eigenvalue weighted by atomic mass is 10.2. The van der Waals surface area contributed by atoms with Gasteiger partial charge in [-0.15, -0.1) is 0 Å². The minimum absolute atomic E-state index is 0.0194. The monoisotopic (exact) mass is 270 g/mol. The largest absolute Gasteiger partial charge is 0.398 e. The Balaban J connectivity index is 3.04. The van der Waals surface area contributed by atoms with Gasteiger partial charge < -0.3 is 10.6 Å². The molecule has 0 fully saturated rings. The van der Waals surface area contributed by atoms with Gasteiger partial charge in [-0.2, -0.15) is 0 Å². The van der Waals surface area contributed by atoms with Gasteiger partial charge in [0.2, 0.25) is 5.91 Å². The van der Waals surface area contributed by atoms with Crippen molar-refractivity contribution >= 4 is 21.4 Å². The summed E-state index contributed by atoms with van der Waals surface area (Å²) in [4.78, 5) is 13.0. The average Bonchev–Trinajstić information content (AvgIpc) is 2.26. The number of carbonyl (C=O) groups is 1. The summed E-state index contributed by atoms with van der Waals surface area (Å²) < 4.78 is 24.1. The third kappa shape index (κ3) is 3.22. The predicted octanol–water partition coefficient (Wildman–Crippen LogP) is 0.829. The number of sulfone groups is 1. The van der Waals surface area contributed by atoms with E-state index in [0.717, 1.165) is 5.56 Å². The number of amides is 1. The molecule has 0 unspecified atom stereocenters. The summed E-state index contributed by atoms with van der Waals surface area (Å²) in [5, 5.41) is 0. The molecule has 1 aromatic rings. The summed E-state index contributed by atoms with van der Waals surface area (Å²) in [6.07, 6.45) is 0. The first-order valence-corrected chi connectivity index (χ1v) is 7.26. The Bertz CT molecular complexity index is 552. The van der Waals surface area contributed by atoms with Gasteiger partial charge >= 0.3 is 0 Å². The lowest BCUT2D eigenvalue weighted by Crippen LogP contribution is -2.32. The van der Waals surface area contributed by atoms with Crippen molar-refractivity contribution in [2.45, 2.75) is 18.7 Å². The van der Waals surface area contributed by atoms with Crippen molar-refractivity contribution in [2.24, 2.45) is 0 Å². The van der Waals surface area contributed by atoms with Gasteiger partial charge in [-0.05, 0) is 31.5 Å². The maximum absolute atomic E-state index is 12.1. The van der Waals surface area contributed by atoms with Crippen LogP contribution >= 0.6 is 0 Å². The highest BCUT2D eigenvalue weighted by atomic mass is 32.2. The Morgan fingerprint density at radius 1 is 1.39 bits per heavy atom. The molecule has 18 heavy (non-hydrogen) atoms. The molecule has 0 heterocycles. The second-order valence-corrected chi connectivity index (χ2v) is 6.17. The van der Waals surface area contributed by atoms with Gasteiger partial charge in [-0.1, -0.05) is 6.07 Å². The van der Waals surface area contributed by atoms with Gasteiger partial charge in [0.1, 0.15) is 5.75 Å². The summed E-state index contributed by atoms with van der Waals surface area (Å²) in [7, 11) is -2.11. The molecule has 1 amide bonds. The van der Waals surface area contributed by atoms with Gasteiger partial charge in [0.25, 0.3) is 0 Å². The highest BCUT2D eigenvalue weighted by Crippen LogP contribution is 2.21. The quantitative estimate of drug-likeness (QED) is 0.822. The van der Waals surface area contributed by atoms with Gasteiger partial charge in [0.05, 0.1) is 10.6 Å². The van der Waals surface area contributed by atoms with E-state index in [0.29, 0.717) is 6.54 Å². The van der Waals surface area contributed by atoms with Crippen LogP contribution in [0.25, 0.3) is 0 Å². The Morgan fingerprint density at radius 2 is 2.00 bits per heavy atom. The van der Waals surface area contributed by atoms with Crippen molar-refractivity contribution in [3.05, 3.63) is 23.8 Å². The van der Waals surface area contributed by atoms with Crippen molar-refractivity contribution in [1.29, 1.82) is 0 Å². The van der Waals surface area contributed by atoms with E-state index in [1.54, 1.807) is 26.1 Å². The number of rotatable bonds is 4. The first-order valence-electron chi connectivity index (χ1n) is 5.60. The van der Waals surface area contributed by atoms with Crippen molar-refractivity contribution in [2.75, 3.05) is 25.1 Å². The number of anilines is 1. The normalized spacial score (nSPS) is 11.3. The molecular formula is C12H18N2O3S. The molecule has 0 aliphatic heterocycles. The molecule has 0 spiro atoms. The van der Waals surface area contributed by atoms with Crippen LogP contribution in [0.5, 0.6) is 0 Å². The number of carbonyl (C=O) groups excluding carboxylic acids is 1. The van der Waals surface area contributed by atoms with E-state index < -0.39 is 21.5 Å². The first-order chi connectivity index (χ1) is 8.27. The number of nitrogens with zero attached hydrogens (tertiary/aromatic N) is 1. The molecule has 6 heteroatoms. The van der Waals surface area contributed by atoms with E-state index in [2.05, 4.69) is 0 Å². The minimum atomic E-state index is -3.68. The fraction of sp³-hybridized carbons (Fsp3) is 0.417. The van der Waals surface area contributed by atoms with Crippen LogP contribution in [0.3, 0.4) is 0 Å². The lowest BCUT2D eigenvalue weighted by Gasteiger charge is -2.15. The van der Waals surface area contributed by atoms with E-state index in [1.165, 1.54) is 11.0 Å². The van der Waals surface area contributed by atoms with Crippen molar-refractivity contribution in [3.63, 3.8) is 0 Å². The Hall–Kier alpha value is -1.56. The van der Waals surface area contributed by atoms with E-state index in [-0.39, 0.29) is 10.6 Å². The SMILES string of the molecule is CCN(C)C(=O)CS(=O)(=O)c1ccc(C)cc1N. The predicted molar refractivity (Wildman–Crippen MR) is 71.0 cm³/mol. The van der Waals surface area contributed by atoms with E-state index >= 15 is 0 Å². The number of hydrogen-bond donors (Lipinski definition) is 1. The zero-order valence-corrected chi connectivity index (χ0v) is 11.6. The number of hydrogen-bond acceptors (Lipinski definition) is 4. The molecule has 0 radical (unpaired) electrons. The topological polar surface area (TPSA) is 80.5 Å². The van der Waals surface area contributed by atoms with Crippen LogP contribution in [0.1, 0.15) is 12.5 Å². The first kappa shape index (κ1) is 14.5. The van der Waals surface area contributed by atoms with Crippen molar-refractivity contribution in [1.82, 2.24) is 4.90 Å². The van der Waals surface area contributed by atoms with Crippen LogP contribution in [0, 0.1) is 6.92 Å². The van der Waals surface area contributed by atoms with Gasteiger partial charge in [-0.25, -0.2) is 8.42 Å². The maximum atomic E-state index is 12.1. The molecule has 0 aromatic heterocycles. The molecule has 0 saturated carbocycles. The maximum Gasteiger partial charge on any atom is 0.237 e. The van der Waals surface area contributed by atoms with Gasteiger partial charge in [0.15, 0.2) is 9.84 Å². The smallest absolute Gasteiger partial charge is 0.237 e. The highest BCUT2D eigenvalue weighted by Gasteiger charge is 2.23. The number of benzene rings is 1. The summed E-state index contributed by atoms with van der Waals surface area (Å²) in [6, 6.07) is 4.69. The zero-order valence-electron chi connectivity index (χ0n) is 10.8. The zero-order chi connectivity index (χ0) is 13.9. The minimum Gasteiger partial charge on any atom is -0.398 e. The lowest BCUT2D eigenvalue weighted by molar-refractivity contribution is -0.126. The second-order valence-electron chi connectivity index (χ2n) is 4.21. The Kier molecular flexibility index (Phi) is 4.34. The summed E-state index contributed by atoms with van der Waals surface area (Å²) >= 11 is 0. The summed E-state index contributed by atoms with van der Waals surface area (Å²) in [6.45, 7) is 4.07. The highest BCUT2D eigenvalue weighted by molar-refractivity contribution is 7.92. The molecule has 100 valence electrons. The molecule has 0 saturated heterocycles. The molecule has 0 bridgehead atoms. The average molecular weight is 270 g/mol. The van der Waals surface area contributed by atoms with Crippen LogP contribution in [-0.2, 0) is 14.6 Å². The number of nitrogen functional groups attached to an aromatic ring is 1. The molecule has 1 rings (SSSR count). The molecule has 0 atom stereocenters. The Morgan fingerprint density at radius 3 is 2.50 bits per heavy atom. The second kappa shape index (κ2) is 5.39. The van der Waals surface area contributed by atoms with Gasteiger partial charge in [-0.3, -0.25) is 4.79 Å². The fourth-order valence-electron chi connectivity index (χ4n) is 1.48. The standard InChI is InChI=1S/C12H18N2O3S/c1-4-14(3)12(15)8-18(16,17)11-6-5-9(2)7-10(11)13/h5-7H,4,8,13H2,1-3H3. The molecule has 1 aromatic carbocycles. The van der Waals surface area contributed by atoms with Crippen LogP contribution in [-0.4, -0.2) is 38.6 Å². The molecule has 5 nitrogen and oxygen atoms in total. The Labute approximate surface area is 108 Å². The van der Waals surface area contributed by atoms with E-state index in [9.17, 15) is 13.2 Å². The third-order valence-electron chi connectivity index (χ3n) is 2.71. The molecule has 0 aliphatic carbocycles. The van der Waals surface area contributed by atoms with E-state index in [1.807, 2.05) is 6.92 Å². The molecule has 0 aliphatic rings. The van der Waals surface area contributed by atoms with E-state index in [4.69, 9.17) is 5.73 Å². The molecular weight excluding hydrogens is 252 g/mol.